The number of carbonyl (C=O) groups excluding carboxylic acids is 1. The summed E-state index contributed by atoms with van der Waals surface area (Å²) >= 11 is 1.32. The van der Waals surface area contributed by atoms with E-state index in [0.29, 0.717) is 18.9 Å². The zero-order valence-corrected chi connectivity index (χ0v) is 20.9. The molecule has 0 radical (unpaired) electrons. The number of nitrogens with one attached hydrogen (secondary N) is 1. The molecule has 3 heterocycles. The number of hydrogen-bond acceptors (Lipinski definition) is 6. The number of aryl methyl sites for hydroxylation is 1. The maximum Gasteiger partial charge on any atom is 0.317 e. The number of benzene rings is 1. The molecule has 0 spiro atoms. The predicted octanol–water partition coefficient (Wildman–Crippen LogP) is 4.32. The fraction of sp³-hybridized carbons (Fsp3) is 0.385. The summed E-state index contributed by atoms with van der Waals surface area (Å²) in [7, 11) is 0. The second kappa shape index (κ2) is 9.79. The van der Waals surface area contributed by atoms with Gasteiger partial charge in [-0.05, 0) is 72.8 Å². The highest BCUT2D eigenvalue weighted by atomic mass is 32.1. The predicted molar refractivity (Wildman–Crippen MR) is 137 cm³/mol. The van der Waals surface area contributed by atoms with Gasteiger partial charge in [0.25, 0.3) is 0 Å². The summed E-state index contributed by atoms with van der Waals surface area (Å²) in [6.07, 6.45) is 9.89. The van der Waals surface area contributed by atoms with E-state index in [-0.39, 0.29) is 17.8 Å². The second-order valence-electron chi connectivity index (χ2n) is 9.96. The smallest absolute Gasteiger partial charge is 0.317 e. The van der Waals surface area contributed by atoms with Crippen LogP contribution in [0.3, 0.4) is 0 Å². The fourth-order valence-electron chi connectivity index (χ4n) is 6.01. The molecule has 1 saturated heterocycles. The standard InChI is InChI=1S/C26H27F2N7OS/c27-22-8-7-16(10-23(22)28)21-13-34(11-17-14-37-33-31-17)12-20(21)15-3-1-4-18(9-15)35-25(30-26(29)36)19-5-2-6-24(19)32-35/h1,4,7-10,14-15,20-21H,2-3,5-6,11-13H2,(H3,29,30,36)/t15?,20-,21-/m0/s1. The molecule has 1 unspecified atom stereocenters. The molecule has 11 heteroatoms. The fourth-order valence-corrected chi connectivity index (χ4v) is 6.45. The number of carbonyl (C=O) groups is 1. The third-order valence-electron chi connectivity index (χ3n) is 7.63. The number of likely N-dealkylation sites (tertiary alicyclic amines) is 1. The van der Waals surface area contributed by atoms with E-state index in [1.807, 2.05) is 11.5 Å². The van der Waals surface area contributed by atoms with Gasteiger partial charge in [0, 0.05) is 36.5 Å². The van der Waals surface area contributed by atoms with Gasteiger partial charge < -0.3 is 5.73 Å². The number of urea groups is 1. The van der Waals surface area contributed by atoms with Crippen molar-refractivity contribution >= 4 is 29.1 Å². The van der Waals surface area contributed by atoms with E-state index in [9.17, 15) is 13.6 Å². The Bertz CT molecular complexity index is 1380. The summed E-state index contributed by atoms with van der Waals surface area (Å²) < 4.78 is 33.7. The quantitative estimate of drug-likeness (QED) is 0.501. The van der Waals surface area contributed by atoms with Gasteiger partial charge in [0.15, 0.2) is 11.6 Å². The van der Waals surface area contributed by atoms with Crippen LogP contribution in [0.4, 0.5) is 19.4 Å². The van der Waals surface area contributed by atoms with Gasteiger partial charge in [0.05, 0.1) is 17.1 Å². The average Bonchev–Trinajstić information content (AvgIpc) is 3.67. The van der Waals surface area contributed by atoms with Crippen LogP contribution in [-0.4, -0.2) is 43.4 Å². The third kappa shape index (κ3) is 4.69. The Morgan fingerprint density at radius 3 is 2.89 bits per heavy atom. The van der Waals surface area contributed by atoms with Crippen LogP contribution >= 0.6 is 11.5 Å². The Morgan fingerprint density at radius 1 is 1.22 bits per heavy atom. The number of halogens is 2. The number of nitrogens with two attached hydrogens (primary N) is 1. The van der Waals surface area contributed by atoms with Crippen molar-refractivity contribution in [3.63, 3.8) is 0 Å². The molecule has 1 aliphatic heterocycles. The Morgan fingerprint density at radius 2 is 2.11 bits per heavy atom. The number of fused-ring (bicyclic) bond motifs is 1. The molecule has 8 nitrogen and oxygen atoms in total. The van der Waals surface area contributed by atoms with Crippen LogP contribution in [0.5, 0.6) is 0 Å². The van der Waals surface area contributed by atoms with Crippen LogP contribution < -0.4 is 11.1 Å². The normalized spacial score (nSPS) is 23.3. The summed E-state index contributed by atoms with van der Waals surface area (Å²) in [5, 5.41) is 13.7. The molecule has 0 saturated carbocycles. The molecule has 1 fully saturated rings. The molecule has 3 N–H and O–H groups in total. The van der Waals surface area contributed by atoms with E-state index in [0.717, 1.165) is 60.4 Å². The SMILES string of the molecule is NC(=O)Nc1c2c(nn1C1=CC([C@@H]3CN(Cc4csnn4)C[C@H]3c3ccc(F)c(F)c3)CC=C1)CCC2. The zero-order valence-electron chi connectivity index (χ0n) is 20.1. The van der Waals surface area contributed by atoms with Crippen molar-refractivity contribution in [1.29, 1.82) is 0 Å². The number of aromatic nitrogens is 4. The van der Waals surface area contributed by atoms with Crippen LogP contribution in [-0.2, 0) is 19.4 Å². The van der Waals surface area contributed by atoms with Crippen molar-refractivity contribution in [1.82, 2.24) is 24.3 Å². The summed E-state index contributed by atoms with van der Waals surface area (Å²) in [6.45, 7) is 2.15. The van der Waals surface area contributed by atoms with Gasteiger partial charge in [0.1, 0.15) is 5.82 Å². The number of allylic oxidation sites excluding steroid dienone is 4. The molecular weight excluding hydrogens is 496 g/mol. The second-order valence-corrected chi connectivity index (χ2v) is 10.6. The highest BCUT2D eigenvalue weighted by Crippen LogP contribution is 2.42. The number of anilines is 1. The number of primary amides is 1. The third-order valence-corrected chi connectivity index (χ3v) is 8.18. The minimum absolute atomic E-state index is 0.0153. The Hall–Kier alpha value is -3.44. The molecule has 6 rings (SSSR count). The van der Waals surface area contributed by atoms with Crippen molar-refractivity contribution in [2.75, 3.05) is 18.4 Å². The van der Waals surface area contributed by atoms with E-state index in [4.69, 9.17) is 10.8 Å². The van der Waals surface area contributed by atoms with E-state index < -0.39 is 17.7 Å². The largest absolute Gasteiger partial charge is 0.351 e. The van der Waals surface area contributed by atoms with Crippen LogP contribution in [0, 0.1) is 23.5 Å². The van der Waals surface area contributed by atoms with Crippen molar-refractivity contribution in [2.24, 2.45) is 17.6 Å². The van der Waals surface area contributed by atoms with Gasteiger partial charge >= 0.3 is 6.03 Å². The maximum absolute atomic E-state index is 14.2. The van der Waals surface area contributed by atoms with Crippen molar-refractivity contribution in [3.8, 4) is 0 Å². The van der Waals surface area contributed by atoms with Crippen molar-refractivity contribution in [2.45, 2.75) is 38.1 Å². The Kier molecular flexibility index (Phi) is 6.33. The number of nitrogens with zero attached hydrogens (tertiary/aromatic N) is 5. The molecule has 3 aliphatic rings. The summed E-state index contributed by atoms with van der Waals surface area (Å²) in [5.41, 5.74) is 10.1. The van der Waals surface area contributed by atoms with Crippen LogP contribution in [0.1, 0.15) is 41.3 Å². The molecular formula is C26H27F2N7OS. The lowest BCUT2D eigenvalue weighted by atomic mass is 9.77. The van der Waals surface area contributed by atoms with Crippen LogP contribution in [0.15, 0.2) is 41.8 Å². The summed E-state index contributed by atoms with van der Waals surface area (Å²) in [6, 6.07) is 3.62. The maximum atomic E-state index is 14.2. The molecule has 0 bridgehead atoms. The van der Waals surface area contributed by atoms with Gasteiger partial charge in [-0.15, -0.1) is 5.10 Å². The van der Waals surface area contributed by atoms with Gasteiger partial charge in [-0.2, -0.15) is 5.10 Å². The molecule has 1 aromatic carbocycles. The Balaban J connectivity index is 1.33. The van der Waals surface area contributed by atoms with Gasteiger partial charge in [0.2, 0.25) is 0 Å². The molecule has 3 atom stereocenters. The van der Waals surface area contributed by atoms with Crippen molar-refractivity contribution < 1.29 is 13.6 Å². The molecule has 2 amide bonds. The van der Waals surface area contributed by atoms with Gasteiger partial charge in [-0.1, -0.05) is 22.7 Å². The lowest BCUT2D eigenvalue weighted by Gasteiger charge is -2.28. The average molecular weight is 524 g/mol. The summed E-state index contributed by atoms with van der Waals surface area (Å²) in [5.74, 6) is -0.720. The summed E-state index contributed by atoms with van der Waals surface area (Å²) in [4.78, 5) is 14.1. The number of rotatable bonds is 6. The van der Waals surface area contributed by atoms with Crippen LogP contribution in [0.2, 0.25) is 0 Å². The highest BCUT2D eigenvalue weighted by Gasteiger charge is 2.39. The van der Waals surface area contributed by atoms with E-state index >= 15 is 0 Å². The minimum Gasteiger partial charge on any atom is -0.351 e. The van der Waals surface area contributed by atoms with E-state index in [1.165, 1.54) is 23.7 Å². The first-order valence-electron chi connectivity index (χ1n) is 12.5. The lowest BCUT2D eigenvalue weighted by Crippen LogP contribution is -2.25. The topological polar surface area (TPSA) is 102 Å². The number of amides is 2. The highest BCUT2D eigenvalue weighted by molar-refractivity contribution is 7.03. The van der Waals surface area contributed by atoms with Gasteiger partial charge in [-0.3, -0.25) is 10.2 Å². The number of hydrogen-bond donors (Lipinski definition) is 2. The molecule has 192 valence electrons. The first-order chi connectivity index (χ1) is 18.0. The first kappa shape index (κ1) is 23.9. The monoisotopic (exact) mass is 523 g/mol. The van der Waals surface area contributed by atoms with E-state index in [2.05, 4.69) is 32.0 Å². The molecule has 37 heavy (non-hydrogen) atoms. The minimum atomic E-state index is -0.840. The van der Waals surface area contributed by atoms with Crippen LogP contribution in [0.25, 0.3) is 5.70 Å². The molecule has 2 aliphatic carbocycles. The van der Waals surface area contributed by atoms with Crippen molar-refractivity contribution in [3.05, 3.63) is 76.0 Å². The van der Waals surface area contributed by atoms with Gasteiger partial charge in [-0.25, -0.2) is 18.3 Å². The first-order valence-corrected chi connectivity index (χ1v) is 13.3. The lowest BCUT2D eigenvalue weighted by molar-refractivity contribution is 0.259. The molecule has 3 aromatic rings. The molecule has 2 aromatic heterocycles. The Labute approximate surface area is 217 Å². The zero-order chi connectivity index (χ0) is 25.5. The van der Waals surface area contributed by atoms with E-state index in [1.54, 1.807) is 10.7 Å².